The molecule has 0 aliphatic carbocycles. The van der Waals surface area contributed by atoms with Gasteiger partial charge >= 0.3 is 11.9 Å². The minimum atomic E-state index is -1.26. The van der Waals surface area contributed by atoms with Gasteiger partial charge in [0.25, 0.3) is 5.91 Å². The summed E-state index contributed by atoms with van der Waals surface area (Å²) in [7, 11) is 0. The molecule has 4 N–H and O–H groups in total. The third-order valence-electron chi connectivity index (χ3n) is 6.29. The molecule has 0 bridgehead atoms. The van der Waals surface area contributed by atoms with E-state index < -0.39 is 11.9 Å². The number of aromatic nitrogens is 5. The van der Waals surface area contributed by atoms with Gasteiger partial charge in [-0.2, -0.15) is 0 Å². The molecule has 0 atom stereocenters. The Morgan fingerprint density at radius 2 is 1.79 bits per heavy atom. The highest BCUT2D eigenvalue weighted by Gasteiger charge is 2.22. The molecule has 1 aliphatic rings. The number of nitrogens with one attached hydrogen (secondary N) is 2. The number of likely N-dealkylation sites (tertiary alicyclic amines) is 1. The minimum Gasteiger partial charge on any atom is -0.478 e. The molecule has 13 nitrogen and oxygen atoms in total. The van der Waals surface area contributed by atoms with Gasteiger partial charge in [0.15, 0.2) is 10.7 Å². The Hall–Kier alpha value is -4.76. The number of imidazole rings is 1. The van der Waals surface area contributed by atoms with Crippen LogP contribution in [0.5, 0.6) is 0 Å². The van der Waals surface area contributed by atoms with Crippen molar-refractivity contribution in [3.8, 4) is 0 Å². The summed E-state index contributed by atoms with van der Waals surface area (Å²) in [4.78, 5) is 50.8. The van der Waals surface area contributed by atoms with Gasteiger partial charge in [-0.25, -0.2) is 33.9 Å². The first-order valence-electron chi connectivity index (χ1n) is 13.0. The zero-order valence-corrected chi connectivity index (χ0v) is 23.2. The summed E-state index contributed by atoms with van der Waals surface area (Å²) in [5.74, 6) is -2.14. The number of thiazole rings is 1. The van der Waals surface area contributed by atoms with Crippen LogP contribution in [0.2, 0.25) is 0 Å². The predicted octanol–water partition coefficient (Wildman–Crippen LogP) is 2.49. The molecule has 3 aromatic heterocycles. The van der Waals surface area contributed by atoms with Crippen molar-refractivity contribution in [3.05, 3.63) is 76.9 Å². The van der Waals surface area contributed by atoms with E-state index >= 15 is 0 Å². The number of carbonyl (C=O) groups is 3. The van der Waals surface area contributed by atoms with Gasteiger partial charge in [-0.3, -0.25) is 9.36 Å². The molecule has 1 fully saturated rings. The van der Waals surface area contributed by atoms with E-state index in [0.717, 1.165) is 55.2 Å². The number of piperidine rings is 1. The molecule has 1 saturated heterocycles. The van der Waals surface area contributed by atoms with Crippen molar-refractivity contribution < 1.29 is 29.0 Å². The summed E-state index contributed by atoms with van der Waals surface area (Å²) in [6.07, 6.45) is 7.90. The Bertz CT molecular complexity index is 1500. The number of carbonyl (C=O) groups excluding carboxylic acids is 1. The van der Waals surface area contributed by atoms with Crippen LogP contribution in [0.25, 0.3) is 11.2 Å². The normalized spacial score (nSPS) is 13.9. The topological polar surface area (TPSA) is 175 Å². The highest BCUT2D eigenvalue weighted by molar-refractivity contribution is 7.11. The van der Waals surface area contributed by atoms with E-state index in [0.29, 0.717) is 30.2 Å². The van der Waals surface area contributed by atoms with Crippen molar-refractivity contribution >= 4 is 46.3 Å². The maximum atomic E-state index is 13.3. The van der Waals surface area contributed by atoms with Gasteiger partial charge in [-0.15, -0.1) is 11.3 Å². The van der Waals surface area contributed by atoms with Crippen LogP contribution in [0.15, 0.2) is 60.5 Å². The van der Waals surface area contributed by atoms with Crippen molar-refractivity contribution in [3.63, 3.8) is 0 Å². The number of amides is 1. The molecule has 0 saturated carbocycles. The fourth-order valence-electron chi connectivity index (χ4n) is 4.27. The molecule has 0 spiro atoms. The molecule has 4 heterocycles. The van der Waals surface area contributed by atoms with Crippen molar-refractivity contribution in [2.75, 3.05) is 31.5 Å². The number of hydrogen-bond acceptors (Lipinski definition) is 10. The van der Waals surface area contributed by atoms with Crippen LogP contribution in [0.1, 0.15) is 28.2 Å². The monoisotopic (exact) mass is 596 g/mol. The van der Waals surface area contributed by atoms with Crippen molar-refractivity contribution in [2.45, 2.75) is 25.4 Å². The average Bonchev–Trinajstić information content (AvgIpc) is 3.63. The molecule has 1 aromatic carbocycles. The van der Waals surface area contributed by atoms with Crippen LogP contribution >= 0.6 is 11.3 Å². The molecule has 0 unspecified atom stereocenters. The van der Waals surface area contributed by atoms with E-state index in [9.17, 15) is 18.8 Å². The number of carboxylic acids is 2. The number of rotatable bonds is 10. The summed E-state index contributed by atoms with van der Waals surface area (Å²) >= 11 is 1.34. The van der Waals surface area contributed by atoms with Crippen molar-refractivity contribution in [2.24, 2.45) is 0 Å². The number of hydrogen-bond donors (Lipinski definition) is 4. The zero-order chi connectivity index (χ0) is 29.9. The SMILES string of the molecule is O=C(NCCN1CCC(Nc2nc3cncnc3n2Cc2ccc(F)cc2)CC1)c1nccs1.O=C(O)C=CC(=O)O. The number of halogens is 1. The molecule has 15 heteroatoms. The quantitative estimate of drug-likeness (QED) is 0.198. The Morgan fingerprint density at radius 3 is 2.43 bits per heavy atom. The molecule has 0 radical (unpaired) electrons. The average molecular weight is 597 g/mol. The second-order valence-corrected chi connectivity index (χ2v) is 10.1. The van der Waals surface area contributed by atoms with Crippen molar-refractivity contribution in [1.82, 2.24) is 34.7 Å². The predicted molar refractivity (Wildman–Crippen MR) is 153 cm³/mol. The lowest BCUT2D eigenvalue weighted by Crippen LogP contribution is -2.43. The van der Waals surface area contributed by atoms with E-state index in [1.54, 1.807) is 29.9 Å². The second kappa shape index (κ2) is 14.7. The number of nitrogens with zero attached hydrogens (tertiary/aromatic N) is 6. The van der Waals surface area contributed by atoms with Gasteiger partial charge in [-0.1, -0.05) is 12.1 Å². The van der Waals surface area contributed by atoms with Crippen molar-refractivity contribution in [1.29, 1.82) is 0 Å². The van der Waals surface area contributed by atoms with E-state index in [1.165, 1.54) is 29.8 Å². The summed E-state index contributed by atoms with van der Waals surface area (Å²) in [6, 6.07) is 6.76. The fraction of sp³-hybridized carbons (Fsp3) is 0.296. The maximum Gasteiger partial charge on any atom is 0.328 e. The molecular formula is C27H29FN8O5S. The zero-order valence-electron chi connectivity index (χ0n) is 22.4. The molecule has 42 heavy (non-hydrogen) atoms. The lowest BCUT2D eigenvalue weighted by Gasteiger charge is -2.32. The smallest absolute Gasteiger partial charge is 0.328 e. The van der Waals surface area contributed by atoms with Gasteiger partial charge in [0, 0.05) is 55.9 Å². The molecule has 220 valence electrons. The fourth-order valence-corrected chi connectivity index (χ4v) is 4.83. The Kier molecular flexibility index (Phi) is 10.6. The first-order chi connectivity index (χ1) is 20.3. The first kappa shape index (κ1) is 30.2. The summed E-state index contributed by atoms with van der Waals surface area (Å²) in [6.45, 7) is 3.81. The molecular weight excluding hydrogens is 567 g/mol. The second-order valence-electron chi connectivity index (χ2n) is 9.24. The standard InChI is InChI=1S/C23H25FN8OS.C4H4O4/c24-17-3-1-16(2-4-17)14-32-20-19(13-25-15-28-20)30-23(32)29-18-5-9-31(10-6-18)11-7-26-21(33)22-27-8-12-34-22;5-3(6)1-2-4(7)8/h1-4,8,12-13,15,18H,5-7,9-11,14H2,(H,26,33)(H,29,30);1-2H,(H,5,6)(H,7,8). The van der Waals surface area contributed by atoms with Gasteiger partial charge < -0.3 is 25.7 Å². The van der Waals surface area contributed by atoms with Crippen LogP contribution in [-0.4, -0.2) is 89.7 Å². The lowest BCUT2D eigenvalue weighted by molar-refractivity contribution is -0.134. The largest absolute Gasteiger partial charge is 0.478 e. The number of aliphatic carboxylic acids is 2. The number of carboxylic acid groups (broad SMARTS) is 2. The minimum absolute atomic E-state index is 0.116. The number of anilines is 1. The highest BCUT2D eigenvalue weighted by Crippen LogP contribution is 2.22. The van der Waals surface area contributed by atoms with Crippen LogP contribution in [0.4, 0.5) is 10.3 Å². The van der Waals surface area contributed by atoms with Gasteiger partial charge in [-0.05, 0) is 30.5 Å². The molecule has 1 amide bonds. The highest BCUT2D eigenvalue weighted by atomic mass is 32.1. The van der Waals surface area contributed by atoms with Crippen LogP contribution in [0.3, 0.4) is 0 Å². The Labute approximate surface area is 243 Å². The van der Waals surface area contributed by atoms with Crippen LogP contribution < -0.4 is 10.6 Å². The lowest BCUT2D eigenvalue weighted by atomic mass is 10.1. The summed E-state index contributed by atoms with van der Waals surface area (Å²) in [5.41, 5.74) is 2.44. The molecule has 1 aliphatic heterocycles. The van der Waals surface area contributed by atoms with E-state index in [4.69, 9.17) is 15.2 Å². The first-order valence-corrected chi connectivity index (χ1v) is 13.9. The van der Waals surface area contributed by atoms with Gasteiger partial charge in [0.05, 0.1) is 12.7 Å². The Balaban J connectivity index is 0.000000446. The van der Waals surface area contributed by atoms with E-state index in [1.807, 2.05) is 4.57 Å². The molecule has 4 aromatic rings. The Morgan fingerprint density at radius 1 is 1.07 bits per heavy atom. The van der Waals surface area contributed by atoms with Crippen LogP contribution in [-0.2, 0) is 16.1 Å². The summed E-state index contributed by atoms with van der Waals surface area (Å²) in [5, 5.41) is 24.4. The van der Waals surface area contributed by atoms with E-state index in [-0.39, 0.29) is 17.8 Å². The van der Waals surface area contributed by atoms with Gasteiger partial charge in [0.2, 0.25) is 5.95 Å². The third-order valence-corrected chi connectivity index (χ3v) is 7.07. The maximum absolute atomic E-state index is 13.3. The van der Waals surface area contributed by atoms with Crippen LogP contribution in [0, 0.1) is 5.82 Å². The number of fused-ring (bicyclic) bond motifs is 1. The summed E-state index contributed by atoms with van der Waals surface area (Å²) < 4.78 is 15.4. The molecule has 5 rings (SSSR count). The van der Waals surface area contributed by atoms with Gasteiger partial charge in [0.1, 0.15) is 17.7 Å². The third kappa shape index (κ3) is 8.87. The van der Waals surface area contributed by atoms with E-state index in [2.05, 4.69) is 30.5 Å². The number of benzene rings is 1.